The molecular weight excluding hydrogens is 397 g/mol. The summed E-state index contributed by atoms with van der Waals surface area (Å²) in [6, 6.07) is 5.34. The summed E-state index contributed by atoms with van der Waals surface area (Å²) in [5, 5.41) is 3.97. The van der Waals surface area contributed by atoms with E-state index in [0.717, 1.165) is 6.26 Å². The molecule has 6 nitrogen and oxygen atoms in total. The molecule has 0 aliphatic heterocycles. The van der Waals surface area contributed by atoms with E-state index in [0.29, 0.717) is 4.68 Å². The number of aromatic nitrogens is 2. The van der Waals surface area contributed by atoms with Gasteiger partial charge in [-0.3, -0.25) is 4.79 Å². The first kappa shape index (κ1) is 21.7. The highest BCUT2D eigenvalue weighted by atomic mass is 32.2. The molecule has 0 aliphatic carbocycles. The molecule has 0 aliphatic rings. The maximum absolute atomic E-state index is 13.7. The van der Waals surface area contributed by atoms with Gasteiger partial charge in [-0.25, -0.2) is 13.1 Å². The molecule has 0 radical (unpaired) electrons. The zero-order chi connectivity index (χ0) is 21.1. The third-order valence-corrected chi connectivity index (χ3v) is 4.86. The van der Waals surface area contributed by atoms with Crippen LogP contribution in [0.3, 0.4) is 0 Å². The summed E-state index contributed by atoms with van der Waals surface area (Å²) in [6.45, 7) is 2.43. The highest BCUT2D eigenvalue weighted by molar-refractivity contribution is 7.90. The first-order valence-corrected chi connectivity index (χ1v) is 10.1. The molecule has 28 heavy (non-hydrogen) atoms. The van der Waals surface area contributed by atoms with Gasteiger partial charge in [-0.15, -0.1) is 0 Å². The lowest BCUT2D eigenvalue weighted by molar-refractivity contribution is -0.149. The Balaban J connectivity index is 2.66. The molecule has 152 valence electrons. The highest BCUT2D eigenvalue weighted by Crippen LogP contribution is 2.38. The predicted octanol–water partition coefficient (Wildman–Crippen LogP) is 3.57. The molecule has 1 heterocycles. The smallest absolute Gasteiger partial charge is 0.433 e. The summed E-state index contributed by atoms with van der Waals surface area (Å²) in [5.74, 6) is -0.846. The van der Waals surface area contributed by atoms with Gasteiger partial charge in [0.05, 0.1) is 11.5 Å². The van der Waals surface area contributed by atoms with Gasteiger partial charge in [0.1, 0.15) is 12.2 Å². The van der Waals surface area contributed by atoms with E-state index in [9.17, 15) is 26.4 Å². The lowest BCUT2D eigenvalue weighted by Crippen LogP contribution is -2.21. The highest BCUT2D eigenvalue weighted by Gasteiger charge is 2.40. The standard InChI is InChI=1S/C18H19F3N2O4S/c1-4-6-14-16(12-7-9-13(10-8-12)28(3,25)26)22-23(11-15(24)27-5-2)17(14)18(19,20)21/h4,6-10H,5,11H2,1-3H3/b6-4+. The fourth-order valence-electron chi connectivity index (χ4n) is 2.62. The third kappa shape index (κ3) is 4.80. The van der Waals surface area contributed by atoms with Crippen molar-refractivity contribution in [3.8, 4) is 11.3 Å². The number of hydrogen-bond donors (Lipinski definition) is 0. The van der Waals surface area contributed by atoms with Crippen LogP contribution in [-0.2, 0) is 32.1 Å². The SMILES string of the molecule is C/C=C/c1c(-c2ccc(S(C)(=O)=O)cc2)nn(CC(=O)OCC)c1C(F)(F)F. The minimum Gasteiger partial charge on any atom is -0.465 e. The van der Waals surface area contributed by atoms with Gasteiger partial charge in [-0.05, 0) is 26.0 Å². The Morgan fingerprint density at radius 1 is 1.25 bits per heavy atom. The van der Waals surface area contributed by atoms with Crippen molar-refractivity contribution in [3.05, 3.63) is 41.6 Å². The number of nitrogens with zero attached hydrogens (tertiary/aromatic N) is 2. The molecule has 0 fully saturated rings. The normalized spacial score (nSPS) is 12.5. The molecule has 0 saturated carbocycles. The number of ether oxygens (including phenoxy) is 1. The number of alkyl halides is 3. The van der Waals surface area contributed by atoms with E-state index in [1.165, 1.54) is 36.4 Å². The molecular formula is C18H19F3N2O4S. The number of carbonyl (C=O) groups is 1. The molecule has 0 spiro atoms. The van der Waals surface area contributed by atoms with Crippen molar-refractivity contribution >= 4 is 21.9 Å². The van der Waals surface area contributed by atoms with Gasteiger partial charge in [0.2, 0.25) is 0 Å². The summed E-state index contributed by atoms with van der Waals surface area (Å²) in [5.41, 5.74) is -1.03. The van der Waals surface area contributed by atoms with Crippen molar-refractivity contribution in [2.75, 3.05) is 12.9 Å². The number of carbonyl (C=O) groups excluding carboxylic acids is 1. The lowest BCUT2D eigenvalue weighted by Gasteiger charge is -2.11. The van der Waals surface area contributed by atoms with Crippen molar-refractivity contribution in [2.24, 2.45) is 0 Å². The lowest BCUT2D eigenvalue weighted by atomic mass is 10.1. The van der Waals surface area contributed by atoms with Crippen LogP contribution in [0.25, 0.3) is 17.3 Å². The number of halogens is 3. The van der Waals surface area contributed by atoms with Crippen molar-refractivity contribution in [3.63, 3.8) is 0 Å². The Bertz CT molecular complexity index is 991. The summed E-state index contributed by atoms with van der Waals surface area (Å²) in [7, 11) is -3.45. The molecule has 0 atom stereocenters. The number of benzene rings is 1. The van der Waals surface area contributed by atoms with Gasteiger partial charge in [0.25, 0.3) is 0 Å². The molecule has 0 unspecified atom stereocenters. The topological polar surface area (TPSA) is 78.3 Å². The fourth-order valence-corrected chi connectivity index (χ4v) is 3.25. The van der Waals surface area contributed by atoms with Gasteiger partial charge in [-0.2, -0.15) is 18.3 Å². The average Bonchev–Trinajstić information content (AvgIpc) is 2.93. The predicted molar refractivity (Wildman–Crippen MR) is 97.1 cm³/mol. The Hall–Kier alpha value is -2.62. The second-order valence-corrected chi connectivity index (χ2v) is 7.88. The molecule has 0 N–H and O–H groups in total. The molecule has 0 amide bonds. The minimum absolute atomic E-state index is 0.0187. The van der Waals surface area contributed by atoms with E-state index in [2.05, 4.69) is 5.10 Å². The van der Waals surface area contributed by atoms with Crippen molar-refractivity contribution < 1.29 is 31.1 Å². The second kappa shape index (κ2) is 8.17. The van der Waals surface area contributed by atoms with Crippen LogP contribution in [0.15, 0.2) is 35.2 Å². The van der Waals surface area contributed by atoms with Crippen LogP contribution in [0.5, 0.6) is 0 Å². The maximum Gasteiger partial charge on any atom is 0.433 e. The number of sulfone groups is 1. The number of rotatable bonds is 6. The zero-order valence-corrected chi connectivity index (χ0v) is 16.3. The third-order valence-electron chi connectivity index (χ3n) is 3.73. The van der Waals surface area contributed by atoms with E-state index in [4.69, 9.17) is 4.74 Å². The van der Waals surface area contributed by atoms with Crippen LogP contribution >= 0.6 is 0 Å². The van der Waals surface area contributed by atoms with Gasteiger partial charge in [-0.1, -0.05) is 24.3 Å². The van der Waals surface area contributed by atoms with Crippen LogP contribution in [-0.4, -0.2) is 37.0 Å². The fraction of sp³-hybridized carbons (Fsp3) is 0.333. The first-order chi connectivity index (χ1) is 13.0. The van der Waals surface area contributed by atoms with E-state index in [-0.39, 0.29) is 28.3 Å². The molecule has 0 bridgehead atoms. The van der Waals surface area contributed by atoms with Gasteiger partial charge < -0.3 is 4.74 Å². The number of allylic oxidation sites excluding steroid dienone is 1. The average molecular weight is 416 g/mol. The molecule has 0 saturated heterocycles. The van der Waals surface area contributed by atoms with E-state index in [1.807, 2.05) is 0 Å². The van der Waals surface area contributed by atoms with Gasteiger partial charge >= 0.3 is 12.1 Å². The van der Waals surface area contributed by atoms with Crippen molar-refractivity contribution in [1.82, 2.24) is 9.78 Å². The van der Waals surface area contributed by atoms with Crippen LogP contribution < -0.4 is 0 Å². The quantitative estimate of drug-likeness (QED) is 0.673. The van der Waals surface area contributed by atoms with Gasteiger partial charge in [0, 0.05) is 17.4 Å². The van der Waals surface area contributed by atoms with E-state index in [1.54, 1.807) is 13.8 Å². The molecule has 10 heteroatoms. The van der Waals surface area contributed by atoms with Crippen LogP contribution in [0.4, 0.5) is 13.2 Å². The van der Waals surface area contributed by atoms with Crippen LogP contribution in [0.1, 0.15) is 25.1 Å². The van der Waals surface area contributed by atoms with Crippen LogP contribution in [0, 0.1) is 0 Å². The summed E-state index contributed by atoms with van der Waals surface area (Å²) in [6.07, 6.45) is -1.06. The Kier molecular flexibility index (Phi) is 6.33. The first-order valence-electron chi connectivity index (χ1n) is 8.25. The summed E-state index contributed by atoms with van der Waals surface area (Å²) >= 11 is 0. The molecule has 2 aromatic rings. The number of hydrogen-bond acceptors (Lipinski definition) is 5. The summed E-state index contributed by atoms with van der Waals surface area (Å²) in [4.78, 5) is 11.8. The zero-order valence-electron chi connectivity index (χ0n) is 15.4. The molecule has 1 aromatic carbocycles. The summed E-state index contributed by atoms with van der Waals surface area (Å²) < 4.78 is 69.6. The largest absolute Gasteiger partial charge is 0.465 e. The maximum atomic E-state index is 13.7. The Labute approximate surface area is 160 Å². The van der Waals surface area contributed by atoms with Crippen molar-refractivity contribution in [1.29, 1.82) is 0 Å². The molecule has 2 rings (SSSR count). The molecule has 1 aromatic heterocycles. The monoisotopic (exact) mass is 416 g/mol. The Morgan fingerprint density at radius 2 is 1.86 bits per heavy atom. The van der Waals surface area contributed by atoms with Crippen molar-refractivity contribution in [2.45, 2.75) is 31.5 Å². The van der Waals surface area contributed by atoms with Crippen LogP contribution in [0.2, 0.25) is 0 Å². The number of esters is 1. The van der Waals surface area contributed by atoms with E-state index >= 15 is 0 Å². The second-order valence-electron chi connectivity index (χ2n) is 5.87. The Morgan fingerprint density at radius 3 is 2.32 bits per heavy atom. The van der Waals surface area contributed by atoms with Gasteiger partial charge in [0.15, 0.2) is 15.5 Å². The minimum atomic E-state index is -4.76. The van der Waals surface area contributed by atoms with E-state index < -0.39 is 34.2 Å².